The minimum absolute atomic E-state index is 0.206. The number of anilines is 1. The summed E-state index contributed by atoms with van der Waals surface area (Å²) in [5, 5.41) is 9.13. The number of nitrogens with zero attached hydrogens (tertiary/aromatic N) is 3. The summed E-state index contributed by atoms with van der Waals surface area (Å²) in [7, 11) is 0. The summed E-state index contributed by atoms with van der Waals surface area (Å²) >= 11 is 0. The molecule has 2 saturated heterocycles. The molecule has 1 unspecified atom stereocenters. The third-order valence-electron chi connectivity index (χ3n) is 3.52. The summed E-state index contributed by atoms with van der Waals surface area (Å²) in [5.74, 6) is 0.759. The number of nitriles is 1. The molecule has 2 fully saturated rings. The van der Waals surface area contributed by atoms with Gasteiger partial charge < -0.3 is 14.4 Å². The molecule has 0 saturated carbocycles. The molecule has 2 aliphatic heterocycles. The lowest BCUT2D eigenvalue weighted by Gasteiger charge is -2.40. The minimum Gasteiger partial charge on any atom is -0.378 e. The van der Waals surface area contributed by atoms with Gasteiger partial charge in [-0.3, -0.25) is 0 Å². The number of hydrogen-bond acceptors (Lipinski definition) is 5. The standard InChI is InChI=1S/C13H15N3O2/c14-8-11-2-1-4-15-12(11)16-5-7-18-13(9-16)3-6-17-10-13/h1-2,4H,3,5-7,9-10H2. The first-order valence-corrected chi connectivity index (χ1v) is 6.15. The molecule has 0 bridgehead atoms. The smallest absolute Gasteiger partial charge is 0.146 e. The fourth-order valence-corrected chi connectivity index (χ4v) is 2.59. The van der Waals surface area contributed by atoms with Gasteiger partial charge in [0.2, 0.25) is 0 Å². The number of morpholine rings is 1. The Morgan fingerprint density at radius 1 is 1.44 bits per heavy atom. The predicted octanol–water partition coefficient (Wildman–Crippen LogP) is 0.949. The second-order valence-corrected chi connectivity index (χ2v) is 4.74. The van der Waals surface area contributed by atoms with Crippen molar-refractivity contribution >= 4 is 5.82 Å². The van der Waals surface area contributed by atoms with Crippen molar-refractivity contribution in [1.82, 2.24) is 4.98 Å². The van der Waals surface area contributed by atoms with Gasteiger partial charge in [-0.2, -0.15) is 5.26 Å². The zero-order valence-corrected chi connectivity index (χ0v) is 10.1. The number of hydrogen-bond donors (Lipinski definition) is 0. The molecule has 1 spiro atoms. The SMILES string of the molecule is N#Cc1cccnc1N1CCOC2(CCOC2)C1. The maximum absolute atomic E-state index is 9.13. The molecule has 5 nitrogen and oxygen atoms in total. The molecule has 1 atom stereocenters. The van der Waals surface area contributed by atoms with E-state index in [2.05, 4.69) is 16.0 Å². The fraction of sp³-hybridized carbons (Fsp3) is 0.538. The topological polar surface area (TPSA) is 58.4 Å². The van der Waals surface area contributed by atoms with E-state index in [0.717, 1.165) is 31.9 Å². The van der Waals surface area contributed by atoms with Crippen LogP contribution in [0.4, 0.5) is 5.82 Å². The monoisotopic (exact) mass is 245 g/mol. The van der Waals surface area contributed by atoms with Crippen LogP contribution in [0.25, 0.3) is 0 Å². The maximum atomic E-state index is 9.13. The van der Waals surface area contributed by atoms with Crippen molar-refractivity contribution in [2.45, 2.75) is 12.0 Å². The van der Waals surface area contributed by atoms with Crippen LogP contribution in [0.15, 0.2) is 18.3 Å². The van der Waals surface area contributed by atoms with Crippen LogP contribution in [-0.4, -0.2) is 43.5 Å². The largest absolute Gasteiger partial charge is 0.378 e. The summed E-state index contributed by atoms with van der Waals surface area (Å²) in [6.07, 6.45) is 2.64. The lowest BCUT2D eigenvalue weighted by molar-refractivity contribution is -0.0581. The van der Waals surface area contributed by atoms with E-state index in [4.69, 9.17) is 14.7 Å². The van der Waals surface area contributed by atoms with E-state index in [9.17, 15) is 0 Å². The van der Waals surface area contributed by atoms with Crippen LogP contribution in [0.3, 0.4) is 0 Å². The highest BCUT2D eigenvalue weighted by Crippen LogP contribution is 2.30. The second kappa shape index (κ2) is 4.56. The Hall–Kier alpha value is -1.64. The number of rotatable bonds is 1. The Morgan fingerprint density at radius 2 is 2.39 bits per heavy atom. The molecule has 0 aliphatic carbocycles. The van der Waals surface area contributed by atoms with Gasteiger partial charge in [0.1, 0.15) is 17.5 Å². The molecule has 0 N–H and O–H groups in total. The fourth-order valence-electron chi connectivity index (χ4n) is 2.59. The number of pyridine rings is 1. The Kier molecular flexibility index (Phi) is 2.90. The molecule has 5 heteroatoms. The normalized spacial score (nSPS) is 27.4. The van der Waals surface area contributed by atoms with Crippen LogP contribution in [0, 0.1) is 11.3 Å². The van der Waals surface area contributed by atoms with Crippen molar-refractivity contribution in [1.29, 1.82) is 5.26 Å². The van der Waals surface area contributed by atoms with Gasteiger partial charge in [-0.05, 0) is 12.1 Å². The highest BCUT2D eigenvalue weighted by Gasteiger charge is 2.41. The predicted molar refractivity (Wildman–Crippen MR) is 65.3 cm³/mol. The average molecular weight is 245 g/mol. The zero-order chi connectivity index (χ0) is 12.4. The molecule has 0 amide bonds. The first-order chi connectivity index (χ1) is 8.83. The molecule has 1 aromatic heterocycles. The van der Waals surface area contributed by atoms with E-state index >= 15 is 0 Å². The summed E-state index contributed by atoms with van der Waals surface area (Å²) in [6, 6.07) is 5.79. The van der Waals surface area contributed by atoms with Gasteiger partial charge in [-0.25, -0.2) is 4.98 Å². The van der Waals surface area contributed by atoms with Crippen molar-refractivity contribution in [2.24, 2.45) is 0 Å². The number of aromatic nitrogens is 1. The van der Waals surface area contributed by atoms with Gasteiger partial charge >= 0.3 is 0 Å². The second-order valence-electron chi connectivity index (χ2n) is 4.74. The molecule has 2 aliphatic rings. The lowest BCUT2D eigenvalue weighted by Crippen LogP contribution is -2.52. The Balaban J connectivity index is 1.86. The van der Waals surface area contributed by atoms with Crippen LogP contribution in [0.5, 0.6) is 0 Å². The highest BCUT2D eigenvalue weighted by atomic mass is 16.6. The summed E-state index contributed by atoms with van der Waals surface area (Å²) < 4.78 is 11.3. The van der Waals surface area contributed by atoms with Crippen LogP contribution in [0.1, 0.15) is 12.0 Å². The van der Waals surface area contributed by atoms with E-state index in [0.29, 0.717) is 18.8 Å². The Morgan fingerprint density at radius 3 is 3.17 bits per heavy atom. The van der Waals surface area contributed by atoms with E-state index in [1.165, 1.54) is 0 Å². The van der Waals surface area contributed by atoms with Crippen LogP contribution in [-0.2, 0) is 9.47 Å². The van der Waals surface area contributed by atoms with Crippen molar-refractivity contribution in [2.75, 3.05) is 37.8 Å². The third kappa shape index (κ3) is 1.94. The summed E-state index contributed by atoms with van der Waals surface area (Å²) in [4.78, 5) is 6.47. The van der Waals surface area contributed by atoms with Gasteiger partial charge in [0.15, 0.2) is 0 Å². The van der Waals surface area contributed by atoms with Crippen molar-refractivity contribution < 1.29 is 9.47 Å². The van der Waals surface area contributed by atoms with Gasteiger partial charge in [0.05, 0.1) is 25.3 Å². The van der Waals surface area contributed by atoms with Crippen LogP contribution >= 0.6 is 0 Å². The van der Waals surface area contributed by atoms with E-state index in [1.54, 1.807) is 18.3 Å². The third-order valence-corrected chi connectivity index (χ3v) is 3.52. The van der Waals surface area contributed by atoms with Crippen LogP contribution < -0.4 is 4.90 Å². The maximum Gasteiger partial charge on any atom is 0.146 e. The molecular formula is C13H15N3O2. The van der Waals surface area contributed by atoms with Crippen molar-refractivity contribution in [3.8, 4) is 6.07 Å². The summed E-state index contributed by atoms with van der Waals surface area (Å²) in [5.41, 5.74) is 0.413. The zero-order valence-electron chi connectivity index (χ0n) is 10.1. The molecule has 3 rings (SSSR count). The van der Waals surface area contributed by atoms with Crippen molar-refractivity contribution in [3.05, 3.63) is 23.9 Å². The molecule has 18 heavy (non-hydrogen) atoms. The minimum atomic E-state index is -0.206. The van der Waals surface area contributed by atoms with E-state index < -0.39 is 0 Å². The lowest BCUT2D eigenvalue weighted by atomic mass is 10.0. The van der Waals surface area contributed by atoms with Gasteiger partial charge in [0.25, 0.3) is 0 Å². The van der Waals surface area contributed by atoms with Crippen LogP contribution in [0.2, 0.25) is 0 Å². The van der Waals surface area contributed by atoms with E-state index in [-0.39, 0.29) is 5.60 Å². The van der Waals surface area contributed by atoms with Gasteiger partial charge in [-0.15, -0.1) is 0 Å². The molecule has 3 heterocycles. The first-order valence-electron chi connectivity index (χ1n) is 6.15. The van der Waals surface area contributed by atoms with Gasteiger partial charge in [0, 0.05) is 25.8 Å². The summed E-state index contributed by atoms with van der Waals surface area (Å²) in [6.45, 7) is 3.57. The molecule has 1 aromatic rings. The highest BCUT2D eigenvalue weighted by molar-refractivity contribution is 5.54. The van der Waals surface area contributed by atoms with E-state index in [1.807, 2.05) is 0 Å². The molecule has 94 valence electrons. The van der Waals surface area contributed by atoms with Crippen molar-refractivity contribution in [3.63, 3.8) is 0 Å². The molecular weight excluding hydrogens is 230 g/mol. The van der Waals surface area contributed by atoms with Gasteiger partial charge in [-0.1, -0.05) is 0 Å². The Labute approximate surface area is 106 Å². The number of ether oxygens (including phenoxy) is 2. The first kappa shape index (κ1) is 11.5. The molecule has 0 radical (unpaired) electrons. The Bertz CT molecular complexity index is 477. The quantitative estimate of drug-likeness (QED) is 0.737. The average Bonchev–Trinajstić information content (AvgIpc) is 2.86. The molecule has 0 aromatic carbocycles.